The van der Waals surface area contributed by atoms with Gasteiger partial charge in [-0.15, -0.1) is 6.42 Å². The van der Waals surface area contributed by atoms with Gasteiger partial charge in [-0.1, -0.05) is 17.5 Å². The molecule has 3 aromatic rings. The van der Waals surface area contributed by atoms with Crippen molar-refractivity contribution in [2.24, 2.45) is 0 Å². The number of carbonyl (C=O) groups is 3. The number of anilines is 2. The Morgan fingerprint density at radius 3 is 2.27 bits per heavy atom. The van der Waals surface area contributed by atoms with Gasteiger partial charge in [-0.2, -0.15) is 13.2 Å². The molecule has 1 heterocycles. The molecule has 0 saturated heterocycles. The number of amides is 3. The average molecular weight is 637 g/mol. The van der Waals surface area contributed by atoms with Gasteiger partial charge < -0.3 is 25.5 Å². The highest BCUT2D eigenvalue weighted by molar-refractivity contribution is 6.31. The maximum absolute atomic E-state index is 13.0. The van der Waals surface area contributed by atoms with E-state index in [1.54, 1.807) is 25.1 Å². The summed E-state index contributed by atoms with van der Waals surface area (Å²) in [7, 11) is 0. The fourth-order valence-electron chi connectivity index (χ4n) is 3.38. The molecule has 3 amide bonds. The van der Waals surface area contributed by atoms with E-state index in [4.69, 9.17) is 22.8 Å². The molecule has 0 radical (unpaired) electrons. The van der Waals surface area contributed by atoms with Gasteiger partial charge in [0.15, 0.2) is 0 Å². The van der Waals surface area contributed by atoms with Crippen LogP contribution in [0.25, 0.3) is 0 Å². The summed E-state index contributed by atoms with van der Waals surface area (Å²) in [5.74, 6) is 12.5. The van der Waals surface area contributed by atoms with E-state index in [0.29, 0.717) is 43.0 Å². The molecule has 2 aromatic carbocycles. The summed E-state index contributed by atoms with van der Waals surface area (Å²) in [6, 6.07) is 11.6. The molecule has 0 fully saturated rings. The lowest BCUT2D eigenvalue weighted by atomic mass is 10.2. The third kappa shape index (κ3) is 13.6. The van der Waals surface area contributed by atoms with E-state index in [1.807, 2.05) is 0 Å². The molecule has 0 unspecified atom stereocenters. The molecule has 45 heavy (non-hydrogen) atoms. The van der Waals surface area contributed by atoms with Crippen molar-refractivity contribution in [3.05, 3.63) is 77.1 Å². The summed E-state index contributed by atoms with van der Waals surface area (Å²) in [4.78, 5) is 39.5. The molecule has 3 N–H and O–H groups in total. The van der Waals surface area contributed by atoms with Gasteiger partial charge in [-0.25, -0.2) is 4.79 Å². The van der Waals surface area contributed by atoms with Gasteiger partial charge in [-0.05, 0) is 98.9 Å². The van der Waals surface area contributed by atoms with E-state index in [-0.39, 0.29) is 23.1 Å². The Bertz CT molecular complexity index is 1660. The minimum absolute atomic E-state index is 0.0761. The van der Waals surface area contributed by atoms with Crippen LogP contribution in [-0.2, 0) is 11.0 Å². The summed E-state index contributed by atoms with van der Waals surface area (Å²) in [6.45, 7) is 3.66. The van der Waals surface area contributed by atoms with Crippen LogP contribution in [0.5, 0.6) is 11.5 Å². The van der Waals surface area contributed by atoms with Gasteiger partial charge in [0.25, 0.3) is 5.91 Å². The van der Waals surface area contributed by atoms with Crippen LogP contribution in [0.4, 0.5) is 29.3 Å². The molecule has 0 atom stereocenters. The number of nitrogens with zero attached hydrogens (tertiary/aromatic N) is 1. The highest BCUT2D eigenvalue weighted by atomic mass is 35.5. The Labute approximate surface area is 264 Å². The van der Waals surface area contributed by atoms with Gasteiger partial charge in [0.2, 0.25) is 0 Å². The zero-order chi connectivity index (χ0) is 33.2. The van der Waals surface area contributed by atoms with E-state index in [0.717, 1.165) is 12.1 Å². The van der Waals surface area contributed by atoms with E-state index in [2.05, 4.69) is 50.5 Å². The molecule has 232 valence electrons. The van der Waals surface area contributed by atoms with E-state index in [1.165, 1.54) is 37.4 Å². The second kappa shape index (κ2) is 18.3. The fourth-order valence-corrected chi connectivity index (χ4v) is 3.60. The van der Waals surface area contributed by atoms with Crippen molar-refractivity contribution in [1.82, 2.24) is 10.3 Å². The molecule has 0 spiro atoms. The number of hydrogen-bond donors (Lipinski definition) is 3. The number of urea groups is 1. The van der Waals surface area contributed by atoms with Gasteiger partial charge >= 0.3 is 12.2 Å². The van der Waals surface area contributed by atoms with Crippen molar-refractivity contribution in [3.8, 4) is 47.5 Å². The van der Waals surface area contributed by atoms with Crippen LogP contribution in [-0.4, -0.2) is 29.3 Å². The molecule has 8 nitrogen and oxygen atoms in total. The maximum Gasteiger partial charge on any atom is 0.417 e. The monoisotopic (exact) mass is 636 g/mol. The minimum atomic E-state index is -4.66. The topological polar surface area (TPSA) is 109 Å². The second-order valence-corrected chi connectivity index (χ2v) is 9.37. The molecule has 0 aliphatic carbocycles. The van der Waals surface area contributed by atoms with Gasteiger partial charge in [-0.3, -0.25) is 9.78 Å². The Kier molecular flexibility index (Phi) is 14.5. The lowest BCUT2D eigenvalue weighted by Crippen LogP contribution is -2.25. The van der Waals surface area contributed by atoms with Crippen molar-refractivity contribution in [1.29, 1.82) is 0 Å². The zero-order valence-electron chi connectivity index (χ0n) is 24.3. The summed E-state index contributed by atoms with van der Waals surface area (Å²) in [5.41, 5.74) is -0.605. The normalized spacial score (nSPS) is 9.80. The predicted molar refractivity (Wildman–Crippen MR) is 167 cm³/mol. The quantitative estimate of drug-likeness (QED) is 0.160. The molecule has 0 bridgehead atoms. The number of benzene rings is 2. The summed E-state index contributed by atoms with van der Waals surface area (Å²) >= 11 is 5.59. The van der Waals surface area contributed by atoms with Crippen LogP contribution in [0.3, 0.4) is 0 Å². The maximum atomic E-state index is 13.0. The molecule has 1 aromatic heterocycles. The molecular weight excluding hydrogens is 609 g/mol. The Balaban J connectivity index is 0.000000900. The Morgan fingerprint density at radius 1 is 0.933 bits per heavy atom. The summed E-state index contributed by atoms with van der Waals surface area (Å²) < 4.78 is 44.8. The van der Waals surface area contributed by atoms with E-state index in [9.17, 15) is 27.6 Å². The summed E-state index contributed by atoms with van der Waals surface area (Å²) in [5, 5.41) is 7.11. The third-order valence-corrected chi connectivity index (χ3v) is 5.73. The number of nitrogens with one attached hydrogen (secondary N) is 3. The van der Waals surface area contributed by atoms with Gasteiger partial charge in [0.1, 0.15) is 23.0 Å². The standard InChI is InChI=1S/C26H24ClF3N4O4.C7H4/c1-16(35)4-2-3-12-32-24(36)23-15-20(11-13-31-23)38-19-8-5-17(6-9-19)33-25(37)34-18-7-10-22(27)21(14-18)26(28,29)30;1-3-5-7-6-4-2/h5-11,13-15H,2-4,12H2,1H3,(H,32,36)(H2,33,34,37);1H,2H3. The number of pyridine rings is 1. The van der Waals surface area contributed by atoms with Crippen molar-refractivity contribution < 1.29 is 32.3 Å². The van der Waals surface area contributed by atoms with Gasteiger partial charge in [0.05, 0.1) is 10.6 Å². The number of ketones is 1. The lowest BCUT2D eigenvalue weighted by Gasteiger charge is -2.12. The molecule has 0 aliphatic rings. The minimum Gasteiger partial charge on any atom is -0.457 e. The average Bonchev–Trinajstić information content (AvgIpc) is 2.99. The number of halogens is 4. The highest BCUT2D eigenvalue weighted by Crippen LogP contribution is 2.36. The number of rotatable bonds is 10. The Morgan fingerprint density at radius 2 is 1.62 bits per heavy atom. The first-order valence-electron chi connectivity index (χ1n) is 13.3. The molecule has 0 saturated carbocycles. The number of unbranched alkanes of at least 4 members (excludes halogenated alkanes) is 1. The van der Waals surface area contributed by atoms with Crippen LogP contribution in [0.1, 0.15) is 49.2 Å². The van der Waals surface area contributed by atoms with E-state index >= 15 is 0 Å². The number of terminal acetylenes is 1. The van der Waals surface area contributed by atoms with Crippen LogP contribution in [0.15, 0.2) is 60.8 Å². The number of aromatic nitrogens is 1. The number of hydrogen-bond acceptors (Lipinski definition) is 5. The van der Waals surface area contributed by atoms with Crippen LogP contribution in [0, 0.1) is 36.0 Å². The molecule has 0 aliphatic heterocycles. The molecular formula is C33H28ClF3N4O4. The summed E-state index contributed by atoms with van der Waals surface area (Å²) in [6.07, 6.45) is 3.40. The van der Waals surface area contributed by atoms with Crippen molar-refractivity contribution in [2.75, 3.05) is 17.2 Å². The highest BCUT2D eigenvalue weighted by Gasteiger charge is 2.33. The predicted octanol–water partition coefficient (Wildman–Crippen LogP) is 7.33. The van der Waals surface area contributed by atoms with Crippen molar-refractivity contribution in [2.45, 2.75) is 39.3 Å². The van der Waals surface area contributed by atoms with Crippen LogP contribution in [0.2, 0.25) is 5.02 Å². The van der Waals surface area contributed by atoms with E-state index < -0.39 is 22.8 Å². The first kappa shape index (κ1) is 35.8. The number of carbonyl (C=O) groups excluding carboxylic acids is 3. The number of ether oxygens (including phenoxy) is 1. The number of Topliss-reactive ketones (excluding diaryl/α,β-unsaturated/α-hetero) is 1. The molecule has 12 heteroatoms. The first-order valence-corrected chi connectivity index (χ1v) is 13.6. The first-order chi connectivity index (χ1) is 21.4. The molecule has 3 rings (SSSR count). The van der Waals surface area contributed by atoms with Crippen LogP contribution >= 0.6 is 11.6 Å². The third-order valence-electron chi connectivity index (χ3n) is 5.40. The SMILES string of the molecule is C#CC#CC#CC.CC(=O)CCCCNC(=O)c1cc(Oc2ccc(NC(=O)Nc3ccc(Cl)c(C(F)(F)F)c3)cc2)ccn1. The smallest absolute Gasteiger partial charge is 0.417 e. The second-order valence-electron chi connectivity index (χ2n) is 8.96. The fraction of sp³-hybridized carbons (Fsp3) is 0.212. The lowest BCUT2D eigenvalue weighted by molar-refractivity contribution is -0.137. The van der Waals surface area contributed by atoms with Crippen molar-refractivity contribution >= 4 is 40.7 Å². The van der Waals surface area contributed by atoms with Gasteiger partial charge in [0, 0.05) is 36.6 Å². The Hall–Kier alpha value is -5.44. The number of alkyl halides is 3. The van der Waals surface area contributed by atoms with Crippen LogP contribution < -0.4 is 20.7 Å². The largest absolute Gasteiger partial charge is 0.457 e. The van der Waals surface area contributed by atoms with Crippen molar-refractivity contribution in [3.63, 3.8) is 0 Å². The zero-order valence-corrected chi connectivity index (χ0v) is 25.0.